The fraction of sp³-hybridized carbons (Fsp3) is 0.389. The van der Waals surface area contributed by atoms with E-state index in [0.29, 0.717) is 24.6 Å². The maximum Gasteiger partial charge on any atom is 0.259 e. The molecule has 0 fully saturated rings. The van der Waals surface area contributed by atoms with Gasteiger partial charge in [0, 0.05) is 17.7 Å². The Morgan fingerprint density at radius 2 is 2.24 bits per heavy atom. The average molecular weight is 357 g/mol. The van der Waals surface area contributed by atoms with Gasteiger partial charge in [0.05, 0.1) is 18.2 Å². The maximum atomic E-state index is 12.5. The second kappa shape index (κ2) is 6.84. The van der Waals surface area contributed by atoms with E-state index in [1.165, 1.54) is 16.9 Å². The molecule has 7 heteroatoms. The number of aromatic nitrogens is 2. The molecule has 0 atom stereocenters. The lowest BCUT2D eigenvalue weighted by Crippen LogP contribution is -2.23. The SMILES string of the molecule is O=C(CCc1nc2sc3c(c2c(=O)[nH]1)CCCC3)NCc1ccco1. The molecule has 0 bridgehead atoms. The van der Waals surface area contributed by atoms with Gasteiger partial charge in [-0.3, -0.25) is 9.59 Å². The summed E-state index contributed by atoms with van der Waals surface area (Å²) < 4.78 is 5.18. The van der Waals surface area contributed by atoms with Crippen LogP contribution in [0.3, 0.4) is 0 Å². The molecule has 3 heterocycles. The van der Waals surface area contributed by atoms with Gasteiger partial charge < -0.3 is 14.7 Å². The Balaban J connectivity index is 1.45. The lowest BCUT2D eigenvalue weighted by molar-refractivity contribution is -0.121. The first-order valence-corrected chi connectivity index (χ1v) is 9.35. The van der Waals surface area contributed by atoms with E-state index in [2.05, 4.69) is 15.3 Å². The molecule has 1 aliphatic carbocycles. The van der Waals surface area contributed by atoms with Crippen LogP contribution in [-0.2, 0) is 30.6 Å². The van der Waals surface area contributed by atoms with E-state index in [-0.39, 0.29) is 17.9 Å². The quantitative estimate of drug-likeness (QED) is 0.735. The first-order valence-electron chi connectivity index (χ1n) is 8.53. The van der Waals surface area contributed by atoms with Crippen LogP contribution < -0.4 is 10.9 Å². The molecule has 3 aromatic heterocycles. The van der Waals surface area contributed by atoms with Crippen molar-refractivity contribution in [2.24, 2.45) is 0 Å². The summed E-state index contributed by atoms with van der Waals surface area (Å²) in [4.78, 5) is 34.0. The molecular formula is C18H19N3O3S. The fourth-order valence-electron chi connectivity index (χ4n) is 3.25. The topological polar surface area (TPSA) is 88.0 Å². The Kier molecular flexibility index (Phi) is 4.40. The molecule has 0 saturated carbocycles. The van der Waals surface area contributed by atoms with Gasteiger partial charge in [-0.1, -0.05) is 0 Å². The van der Waals surface area contributed by atoms with Crippen LogP contribution in [0.1, 0.15) is 41.3 Å². The van der Waals surface area contributed by atoms with Crippen LogP contribution in [0.2, 0.25) is 0 Å². The van der Waals surface area contributed by atoms with Gasteiger partial charge in [0.15, 0.2) is 0 Å². The Bertz CT molecular complexity index is 956. The third kappa shape index (κ3) is 3.37. The minimum atomic E-state index is -0.0929. The van der Waals surface area contributed by atoms with Gasteiger partial charge in [0.25, 0.3) is 5.56 Å². The van der Waals surface area contributed by atoms with Gasteiger partial charge in [-0.05, 0) is 43.4 Å². The highest BCUT2D eigenvalue weighted by Crippen LogP contribution is 2.33. The average Bonchev–Trinajstić information content (AvgIpc) is 3.25. The monoisotopic (exact) mass is 357 g/mol. The normalized spacial score (nSPS) is 13.8. The zero-order chi connectivity index (χ0) is 17.2. The van der Waals surface area contributed by atoms with E-state index in [1.807, 2.05) is 6.07 Å². The van der Waals surface area contributed by atoms with Gasteiger partial charge in [0.2, 0.25) is 5.91 Å². The summed E-state index contributed by atoms with van der Waals surface area (Å²) in [5.41, 5.74) is 1.11. The van der Waals surface area contributed by atoms with Crippen LogP contribution in [0.4, 0.5) is 0 Å². The fourth-order valence-corrected chi connectivity index (χ4v) is 4.53. The number of hydrogen-bond donors (Lipinski definition) is 2. The number of hydrogen-bond acceptors (Lipinski definition) is 5. The number of nitrogens with one attached hydrogen (secondary N) is 2. The maximum absolute atomic E-state index is 12.5. The number of aromatic amines is 1. The predicted octanol–water partition coefficient (Wildman–Crippen LogP) is 2.71. The lowest BCUT2D eigenvalue weighted by atomic mass is 9.97. The summed E-state index contributed by atoms with van der Waals surface area (Å²) in [5, 5.41) is 3.55. The van der Waals surface area contributed by atoms with Crippen LogP contribution >= 0.6 is 11.3 Å². The highest BCUT2D eigenvalue weighted by atomic mass is 32.1. The number of thiophene rings is 1. The van der Waals surface area contributed by atoms with Crippen molar-refractivity contribution >= 4 is 27.5 Å². The van der Waals surface area contributed by atoms with Crippen molar-refractivity contribution in [3.05, 3.63) is 50.8 Å². The van der Waals surface area contributed by atoms with E-state index < -0.39 is 0 Å². The molecule has 6 nitrogen and oxygen atoms in total. The molecule has 25 heavy (non-hydrogen) atoms. The predicted molar refractivity (Wildman–Crippen MR) is 95.8 cm³/mol. The summed E-state index contributed by atoms with van der Waals surface area (Å²) >= 11 is 1.63. The lowest BCUT2D eigenvalue weighted by Gasteiger charge is -2.09. The summed E-state index contributed by atoms with van der Waals surface area (Å²) in [6.45, 7) is 0.368. The Morgan fingerprint density at radius 3 is 3.08 bits per heavy atom. The van der Waals surface area contributed by atoms with Crippen molar-refractivity contribution in [2.45, 2.75) is 45.1 Å². The number of furan rings is 1. The number of rotatable bonds is 5. The van der Waals surface area contributed by atoms with Crippen molar-refractivity contribution in [2.75, 3.05) is 0 Å². The first-order chi connectivity index (χ1) is 12.2. The number of fused-ring (bicyclic) bond motifs is 3. The Hall–Kier alpha value is -2.41. The van der Waals surface area contributed by atoms with E-state index in [4.69, 9.17) is 4.42 Å². The Labute approximate surface area is 148 Å². The van der Waals surface area contributed by atoms with Gasteiger partial charge in [0.1, 0.15) is 16.4 Å². The van der Waals surface area contributed by atoms with E-state index in [0.717, 1.165) is 29.5 Å². The Morgan fingerprint density at radius 1 is 1.36 bits per heavy atom. The van der Waals surface area contributed by atoms with Crippen molar-refractivity contribution in [3.63, 3.8) is 0 Å². The number of aryl methyl sites for hydroxylation is 3. The second-order valence-corrected chi connectivity index (χ2v) is 7.34. The molecule has 4 rings (SSSR count). The minimum absolute atomic E-state index is 0.0737. The number of amides is 1. The smallest absolute Gasteiger partial charge is 0.259 e. The largest absolute Gasteiger partial charge is 0.467 e. The number of nitrogens with zero attached hydrogens (tertiary/aromatic N) is 1. The highest BCUT2D eigenvalue weighted by molar-refractivity contribution is 7.18. The molecule has 130 valence electrons. The third-order valence-electron chi connectivity index (χ3n) is 4.50. The number of carbonyl (C=O) groups is 1. The number of carbonyl (C=O) groups excluding carboxylic acids is 1. The van der Waals surface area contributed by atoms with Gasteiger partial charge in [-0.25, -0.2) is 4.98 Å². The molecule has 3 aromatic rings. The highest BCUT2D eigenvalue weighted by Gasteiger charge is 2.19. The molecule has 0 aliphatic heterocycles. The molecule has 0 saturated heterocycles. The van der Waals surface area contributed by atoms with Gasteiger partial charge in [-0.15, -0.1) is 11.3 Å². The summed E-state index contributed by atoms with van der Waals surface area (Å²) in [5.74, 6) is 1.19. The molecule has 0 radical (unpaired) electrons. The molecular weight excluding hydrogens is 338 g/mol. The van der Waals surface area contributed by atoms with Crippen LogP contribution in [-0.4, -0.2) is 15.9 Å². The van der Waals surface area contributed by atoms with Gasteiger partial charge >= 0.3 is 0 Å². The molecule has 0 spiro atoms. The van der Waals surface area contributed by atoms with Crippen LogP contribution in [0.15, 0.2) is 27.6 Å². The van der Waals surface area contributed by atoms with Crippen molar-refractivity contribution in [1.29, 1.82) is 0 Å². The van der Waals surface area contributed by atoms with E-state index in [1.54, 1.807) is 23.7 Å². The zero-order valence-corrected chi connectivity index (χ0v) is 14.6. The number of H-pyrrole nitrogens is 1. The van der Waals surface area contributed by atoms with Crippen LogP contribution in [0.25, 0.3) is 10.2 Å². The molecule has 0 aromatic carbocycles. The molecule has 1 aliphatic rings. The van der Waals surface area contributed by atoms with E-state index in [9.17, 15) is 9.59 Å². The van der Waals surface area contributed by atoms with E-state index >= 15 is 0 Å². The van der Waals surface area contributed by atoms with Crippen molar-refractivity contribution in [3.8, 4) is 0 Å². The summed E-state index contributed by atoms with van der Waals surface area (Å²) in [7, 11) is 0. The minimum Gasteiger partial charge on any atom is -0.467 e. The van der Waals surface area contributed by atoms with Gasteiger partial charge in [-0.2, -0.15) is 0 Å². The zero-order valence-electron chi connectivity index (χ0n) is 13.8. The summed E-state index contributed by atoms with van der Waals surface area (Å²) in [6, 6.07) is 3.60. The third-order valence-corrected chi connectivity index (χ3v) is 5.69. The van der Waals surface area contributed by atoms with Crippen LogP contribution in [0.5, 0.6) is 0 Å². The molecule has 2 N–H and O–H groups in total. The molecule has 1 amide bonds. The standard InChI is InChI=1S/C18H19N3O3S/c22-15(19-10-11-4-3-9-24-11)8-7-14-20-17(23)16-12-5-1-2-6-13(12)25-18(16)21-14/h3-4,9H,1-2,5-8,10H2,(H,19,22)(H,20,21,23). The van der Waals surface area contributed by atoms with Crippen molar-refractivity contribution < 1.29 is 9.21 Å². The van der Waals surface area contributed by atoms with Crippen molar-refractivity contribution in [1.82, 2.24) is 15.3 Å². The molecule has 0 unspecified atom stereocenters. The first kappa shape index (κ1) is 16.1. The summed E-state index contributed by atoms with van der Waals surface area (Å²) in [6.07, 6.45) is 6.59. The second-order valence-electron chi connectivity index (χ2n) is 6.26. The van der Waals surface area contributed by atoms with Crippen LogP contribution in [0, 0.1) is 0 Å².